The number of hydrogen-bond donors (Lipinski definition) is 2. The Balaban J connectivity index is 2.58. The molecule has 2 N–H and O–H groups in total. The summed E-state index contributed by atoms with van der Waals surface area (Å²) in [6.45, 7) is 2.75. The van der Waals surface area contributed by atoms with Gasteiger partial charge in [-0.25, -0.2) is 0 Å². The van der Waals surface area contributed by atoms with Gasteiger partial charge < -0.3 is 15.2 Å². The predicted molar refractivity (Wildman–Crippen MR) is 64.4 cm³/mol. The fourth-order valence-corrected chi connectivity index (χ4v) is 1.37. The third-order valence-corrected chi connectivity index (χ3v) is 2.32. The first kappa shape index (κ1) is 12.4. The summed E-state index contributed by atoms with van der Waals surface area (Å²) < 4.78 is 5.03. The van der Waals surface area contributed by atoms with E-state index in [-0.39, 0.29) is 11.8 Å². The maximum Gasteiger partial charge on any atom is 0.160 e. The van der Waals surface area contributed by atoms with Crippen molar-refractivity contribution in [1.29, 1.82) is 0 Å². The second kappa shape index (κ2) is 6.04. The molecule has 0 spiro atoms. The van der Waals surface area contributed by atoms with E-state index in [1.165, 1.54) is 7.11 Å². The normalized spacial score (nSPS) is 11.8. The van der Waals surface area contributed by atoms with E-state index < -0.39 is 0 Å². The fraction of sp³-hybridized carbons (Fsp3) is 0.385. The molecule has 0 saturated carbocycles. The van der Waals surface area contributed by atoms with Crippen LogP contribution in [0.15, 0.2) is 18.2 Å². The molecule has 0 aliphatic carbocycles. The largest absolute Gasteiger partial charge is 0.504 e. The van der Waals surface area contributed by atoms with Gasteiger partial charge in [-0.2, -0.15) is 0 Å². The van der Waals surface area contributed by atoms with Crippen molar-refractivity contribution in [3.63, 3.8) is 0 Å². The van der Waals surface area contributed by atoms with Gasteiger partial charge in [0.2, 0.25) is 0 Å². The Kier molecular flexibility index (Phi) is 4.68. The van der Waals surface area contributed by atoms with Crippen molar-refractivity contribution < 1.29 is 9.84 Å². The quantitative estimate of drug-likeness (QED) is 0.743. The van der Waals surface area contributed by atoms with Gasteiger partial charge in [0.15, 0.2) is 11.5 Å². The molecule has 0 heterocycles. The molecule has 0 aliphatic heterocycles. The van der Waals surface area contributed by atoms with E-state index in [0.29, 0.717) is 18.7 Å². The van der Waals surface area contributed by atoms with Crippen LogP contribution in [0.5, 0.6) is 11.5 Å². The minimum absolute atomic E-state index is 0.155. The summed E-state index contributed by atoms with van der Waals surface area (Å²) in [6, 6.07) is 5.57. The highest BCUT2D eigenvalue weighted by atomic mass is 16.5. The van der Waals surface area contributed by atoms with Crippen LogP contribution in [0.3, 0.4) is 0 Å². The Bertz CT molecular complexity index is 382. The van der Waals surface area contributed by atoms with Gasteiger partial charge in [-0.3, -0.25) is 0 Å². The lowest BCUT2D eigenvalue weighted by Crippen LogP contribution is -2.24. The summed E-state index contributed by atoms with van der Waals surface area (Å²) >= 11 is 0. The molecular formula is C13H17NO2. The zero-order chi connectivity index (χ0) is 12.0. The van der Waals surface area contributed by atoms with Crippen molar-refractivity contribution in [1.82, 2.24) is 5.32 Å². The standard InChI is InChI=1S/C13H17NO2/c1-4-5-10(2)14-9-11-6-7-12(15)13(8-11)16-3/h1,6-8,10,14-15H,5,9H2,2-3H3. The van der Waals surface area contributed by atoms with E-state index in [4.69, 9.17) is 11.2 Å². The second-order valence-electron chi connectivity index (χ2n) is 3.70. The van der Waals surface area contributed by atoms with Crippen molar-refractivity contribution in [2.45, 2.75) is 25.9 Å². The topological polar surface area (TPSA) is 41.5 Å². The summed E-state index contributed by atoms with van der Waals surface area (Å²) in [5.41, 5.74) is 1.05. The molecule has 1 unspecified atom stereocenters. The van der Waals surface area contributed by atoms with Crippen molar-refractivity contribution in [3.05, 3.63) is 23.8 Å². The molecule has 0 amide bonds. The van der Waals surface area contributed by atoms with Crippen LogP contribution in [0.1, 0.15) is 18.9 Å². The number of terminal acetylenes is 1. The molecule has 1 aromatic rings. The number of nitrogens with one attached hydrogen (secondary N) is 1. The fourth-order valence-electron chi connectivity index (χ4n) is 1.37. The Morgan fingerprint density at radius 1 is 1.56 bits per heavy atom. The van der Waals surface area contributed by atoms with E-state index in [1.54, 1.807) is 6.07 Å². The van der Waals surface area contributed by atoms with Crippen LogP contribution in [0.4, 0.5) is 0 Å². The first-order valence-electron chi connectivity index (χ1n) is 5.20. The van der Waals surface area contributed by atoms with Crippen molar-refractivity contribution in [2.75, 3.05) is 7.11 Å². The van der Waals surface area contributed by atoms with Crippen molar-refractivity contribution in [2.24, 2.45) is 0 Å². The molecule has 0 fully saturated rings. The number of ether oxygens (including phenoxy) is 1. The summed E-state index contributed by atoms with van der Waals surface area (Å²) in [5, 5.41) is 12.7. The average Bonchev–Trinajstić information content (AvgIpc) is 2.28. The smallest absolute Gasteiger partial charge is 0.160 e. The molecule has 1 rings (SSSR count). The lowest BCUT2D eigenvalue weighted by molar-refractivity contribution is 0.372. The van der Waals surface area contributed by atoms with E-state index in [1.807, 2.05) is 19.1 Å². The summed E-state index contributed by atoms with van der Waals surface area (Å²) in [6.07, 6.45) is 5.92. The van der Waals surface area contributed by atoms with Crippen LogP contribution in [0, 0.1) is 12.3 Å². The van der Waals surface area contributed by atoms with E-state index in [9.17, 15) is 5.11 Å². The highest BCUT2D eigenvalue weighted by molar-refractivity contribution is 5.41. The zero-order valence-corrected chi connectivity index (χ0v) is 9.66. The highest BCUT2D eigenvalue weighted by Crippen LogP contribution is 2.26. The maximum atomic E-state index is 9.42. The van der Waals surface area contributed by atoms with Crippen molar-refractivity contribution >= 4 is 0 Å². The third kappa shape index (κ3) is 3.48. The molecule has 3 nitrogen and oxygen atoms in total. The number of hydrogen-bond acceptors (Lipinski definition) is 3. The summed E-state index contributed by atoms with van der Waals surface area (Å²) in [7, 11) is 1.53. The summed E-state index contributed by atoms with van der Waals surface area (Å²) in [4.78, 5) is 0. The second-order valence-corrected chi connectivity index (χ2v) is 3.70. The van der Waals surface area contributed by atoms with Crippen LogP contribution in [-0.2, 0) is 6.54 Å². The van der Waals surface area contributed by atoms with Gasteiger partial charge in [0, 0.05) is 19.0 Å². The SMILES string of the molecule is C#CCC(C)NCc1ccc(O)c(OC)c1. The Hall–Kier alpha value is -1.66. The molecule has 0 aromatic heterocycles. The summed E-state index contributed by atoms with van der Waals surface area (Å²) in [5.74, 6) is 3.25. The molecule has 0 aliphatic rings. The van der Waals surface area contributed by atoms with Gasteiger partial charge >= 0.3 is 0 Å². The van der Waals surface area contributed by atoms with Gasteiger partial charge in [0.1, 0.15) is 0 Å². The Morgan fingerprint density at radius 2 is 2.31 bits per heavy atom. The number of benzene rings is 1. The molecule has 16 heavy (non-hydrogen) atoms. The number of phenolic OH excluding ortho intramolecular Hbond substituents is 1. The third-order valence-electron chi connectivity index (χ3n) is 2.32. The number of phenols is 1. The first-order chi connectivity index (χ1) is 7.67. The van der Waals surface area contributed by atoms with E-state index in [2.05, 4.69) is 11.2 Å². The minimum Gasteiger partial charge on any atom is -0.504 e. The maximum absolute atomic E-state index is 9.42. The average molecular weight is 219 g/mol. The van der Waals surface area contributed by atoms with E-state index in [0.717, 1.165) is 5.56 Å². The highest BCUT2D eigenvalue weighted by Gasteiger charge is 2.04. The van der Waals surface area contributed by atoms with E-state index >= 15 is 0 Å². The lowest BCUT2D eigenvalue weighted by atomic mass is 10.1. The Morgan fingerprint density at radius 3 is 2.94 bits per heavy atom. The van der Waals surface area contributed by atoms with Gasteiger partial charge in [-0.15, -0.1) is 12.3 Å². The number of rotatable bonds is 5. The molecule has 0 radical (unpaired) electrons. The minimum atomic E-state index is 0.155. The lowest BCUT2D eigenvalue weighted by Gasteiger charge is -2.11. The van der Waals surface area contributed by atoms with Crippen LogP contribution in [-0.4, -0.2) is 18.3 Å². The van der Waals surface area contributed by atoms with Crippen LogP contribution < -0.4 is 10.1 Å². The Labute approximate surface area is 96.4 Å². The molecule has 1 atom stereocenters. The molecule has 0 bridgehead atoms. The zero-order valence-electron chi connectivity index (χ0n) is 9.66. The predicted octanol–water partition coefficient (Wildman–Crippen LogP) is 1.90. The number of aromatic hydroxyl groups is 1. The molecular weight excluding hydrogens is 202 g/mol. The van der Waals surface area contributed by atoms with Crippen molar-refractivity contribution in [3.8, 4) is 23.8 Å². The van der Waals surface area contributed by atoms with Gasteiger partial charge in [0.25, 0.3) is 0 Å². The first-order valence-corrected chi connectivity index (χ1v) is 5.20. The monoisotopic (exact) mass is 219 g/mol. The van der Waals surface area contributed by atoms with Crippen LogP contribution in [0.2, 0.25) is 0 Å². The number of methoxy groups -OCH3 is 1. The van der Waals surface area contributed by atoms with Gasteiger partial charge in [0.05, 0.1) is 7.11 Å². The van der Waals surface area contributed by atoms with Gasteiger partial charge in [-0.05, 0) is 24.6 Å². The molecule has 86 valence electrons. The molecule has 3 heteroatoms. The van der Waals surface area contributed by atoms with Crippen LogP contribution >= 0.6 is 0 Å². The van der Waals surface area contributed by atoms with Crippen LogP contribution in [0.25, 0.3) is 0 Å². The molecule has 1 aromatic carbocycles. The molecule has 0 saturated heterocycles. The van der Waals surface area contributed by atoms with Gasteiger partial charge in [-0.1, -0.05) is 6.07 Å².